The summed E-state index contributed by atoms with van der Waals surface area (Å²) in [5, 5.41) is 9.26. The van der Waals surface area contributed by atoms with Gasteiger partial charge >= 0.3 is 0 Å². The first kappa shape index (κ1) is 19.3. The Labute approximate surface area is 180 Å². The number of fused-ring (bicyclic) bond motifs is 1. The van der Waals surface area contributed by atoms with Crippen LogP contribution in [0.1, 0.15) is 34.8 Å². The third-order valence-corrected chi connectivity index (χ3v) is 6.04. The van der Waals surface area contributed by atoms with Crippen molar-refractivity contribution < 1.29 is 9.53 Å². The second-order valence-electron chi connectivity index (χ2n) is 7.97. The minimum Gasteiger partial charge on any atom is -0.481 e. The highest BCUT2D eigenvalue weighted by Gasteiger charge is 2.26. The number of nitrogens with one attached hydrogen (secondary N) is 1. The molecule has 0 spiro atoms. The maximum atomic E-state index is 13.2. The molecule has 0 bridgehead atoms. The molecule has 0 aliphatic carbocycles. The minimum atomic E-state index is 0.0922. The summed E-state index contributed by atoms with van der Waals surface area (Å²) in [6.45, 7) is 1.52. The number of piperidine rings is 1. The SMILES string of the molecule is COc1ccc(-c2ccc3cc(C(=O)N4CCCC(c5ccn[nH]5)C4)ccc3c2)cn1. The molecular formula is C25H24N4O2. The van der Waals surface area contributed by atoms with Crippen molar-refractivity contribution in [2.75, 3.05) is 20.2 Å². The number of H-pyrrole nitrogens is 1. The quantitative estimate of drug-likeness (QED) is 0.529. The number of amides is 1. The van der Waals surface area contributed by atoms with Gasteiger partial charge in [0.15, 0.2) is 0 Å². The van der Waals surface area contributed by atoms with Crippen LogP contribution in [-0.2, 0) is 0 Å². The van der Waals surface area contributed by atoms with Crippen LogP contribution in [0.25, 0.3) is 21.9 Å². The molecule has 1 unspecified atom stereocenters. The van der Waals surface area contributed by atoms with Crippen molar-refractivity contribution in [3.63, 3.8) is 0 Å². The Hall–Kier alpha value is -3.67. The molecule has 6 heteroatoms. The third-order valence-electron chi connectivity index (χ3n) is 6.04. The van der Waals surface area contributed by atoms with Gasteiger partial charge in [-0.25, -0.2) is 4.98 Å². The van der Waals surface area contributed by atoms with Crippen molar-refractivity contribution >= 4 is 16.7 Å². The van der Waals surface area contributed by atoms with Gasteiger partial charge in [-0.2, -0.15) is 5.10 Å². The van der Waals surface area contributed by atoms with E-state index < -0.39 is 0 Å². The number of nitrogens with zero attached hydrogens (tertiary/aromatic N) is 3. The van der Waals surface area contributed by atoms with Gasteiger partial charge in [-0.05, 0) is 59.5 Å². The lowest BCUT2D eigenvalue weighted by atomic mass is 9.94. The molecule has 156 valence electrons. The Balaban J connectivity index is 1.37. The number of pyridine rings is 1. The third kappa shape index (κ3) is 3.89. The van der Waals surface area contributed by atoms with Gasteiger partial charge in [0.25, 0.3) is 5.91 Å². The number of rotatable bonds is 4. The molecule has 1 saturated heterocycles. The van der Waals surface area contributed by atoms with Crippen LogP contribution in [-0.4, -0.2) is 46.2 Å². The predicted octanol–water partition coefficient (Wildman–Crippen LogP) is 4.65. The summed E-state index contributed by atoms with van der Waals surface area (Å²) in [5.41, 5.74) is 3.95. The number of likely N-dealkylation sites (tertiary alicyclic amines) is 1. The predicted molar refractivity (Wildman–Crippen MR) is 120 cm³/mol. The average Bonchev–Trinajstić information content (AvgIpc) is 3.38. The smallest absolute Gasteiger partial charge is 0.253 e. The molecule has 1 amide bonds. The highest BCUT2D eigenvalue weighted by Crippen LogP contribution is 2.28. The van der Waals surface area contributed by atoms with Crippen LogP contribution in [0, 0.1) is 0 Å². The molecule has 1 aliphatic heterocycles. The summed E-state index contributed by atoms with van der Waals surface area (Å²) in [4.78, 5) is 19.4. The average molecular weight is 412 g/mol. The zero-order valence-corrected chi connectivity index (χ0v) is 17.4. The first-order valence-electron chi connectivity index (χ1n) is 10.5. The largest absolute Gasteiger partial charge is 0.481 e. The van der Waals surface area contributed by atoms with E-state index in [1.165, 1.54) is 0 Å². The summed E-state index contributed by atoms with van der Waals surface area (Å²) in [6.07, 6.45) is 5.66. The minimum absolute atomic E-state index is 0.0922. The van der Waals surface area contributed by atoms with Gasteiger partial charge in [0.1, 0.15) is 0 Å². The number of carbonyl (C=O) groups excluding carboxylic acids is 1. The molecule has 0 saturated carbocycles. The van der Waals surface area contributed by atoms with Gasteiger partial charge < -0.3 is 9.64 Å². The summed E-state index contributed by atoms with van der Waals surface area (Å²) in [7, 11) is 1.61. The van der Waals surface area contributed by atoms with Crippen molar-refractivity contribution in [1.82, 2.24) is 20.1 Å². The van der Waals surface area contributed by atoms with Crippen LogP contribution in [0.4, 0.5) is 0 Å². The number of hydrogen-bond acceptors (Lipinski definition) is 4. The zero-order chi connectivity index (χ0) is 21.2. The lowest BCUT2D eigenvalue weighted by molar-refractivity contribution is 0.0706. The molecule has 4 aromatic rings. The van der Waals surface area contributed by atoms with E-state index in [0.717, 1.165) is 59.1 Å². The molecule has 1 aliphatic rings. The fourth-order valence-corrected chi connectivity index (χ4v) is 4.32. The fourth-order valence-electron chi connectivity index (χ4n) is 4.32. The second kappa shape index (κ2) is 8.22. The van der Waals surface area contributed by atoms with Gasteiger partial charge in [-0.3, -0.25) is 9.89 Å². The molecule has 1 fully saturated rings. The van der Waals surface area contributed by atoms with Gasteiger partial charge in [-0.15, -0.1) is 0 Å². The number of aromatic nitrogens is 3. The molecule has 2 aromatic carbocycles. The molecule has 1 atom stereocenters. The molecule has 3 heterocycles. The van der Waals surface area contributed by atoms with Crippen LogP contribution in [0.15, 0.2) is 67.0 Å². The Morgan fingerprint density at radius 1 is 1.06 bits per heavy atom. The molecule has 1 N–H and O–H groups in total. The number of ether oxygens (including phenoxy) is 1. The van der Waals surface area contributed by atoms with Crippen LogP contribution in [0.3, 0.4) is 0 Å². The van der Waals surface area contributed by atoms with E-state index in [4.69, 9.17) is 4.74 Å². The highest BCUT2D eigenvalue weighted by atomic mass is 16.5. The number of aromatic amines is 1. The topological polar surface area (TPSA) is 71.1 Å². The summed E-state index contributed by atoms with van der Waals surface area (Å²) < 4.78 is 5.14. The van der Waals surface area contributed by atoms with E-state index in [1.54, 1.807) is 13.3 Å². The van der Waals surface area contributed by atoms with Crippen molar-refractivity contribution in [3.05, 3.63) is 78.2 Å². The maximum Gasteiger partial charge on any atom is 0.253 e. The Morgan fingerprint density at radius 3 is 2.68 bits per heavy atom. The summed E-state index contributed by atoms with van der Waals surface area (Å²) in [6, 6.07) is 18.1. The Morgan fingerprint density at radius 2 is 1.90 bits per heavy atom. The van der Waals surface area contributed by atoms with Crippen LogP contribution in [0.5, 0.6) is 5.88 Å². The lowest BCUT2D eigenvalue weighted by Gasteiger charge is -2.32. The van der Waals surface area contributed by atoms with E-state index in [0.29, 0.717) is 11.8 Å². The van der Waals surface area contributed by atoms with Gasteiger partial charge in [0.2, 0.25) is 5.88 Å². The summed E-state index contributed by atoms with van der Waals surface area (Å²) >= 11 is 0. The standard InChI is InChI=1S/C25H24N4O2/c1-31-24-9-8-21(15-26-24)19-5-4-18-14-20(7-6-17(18)13-19)25(30)29-12-2-3-22(16-29)23-10-11-27-28-23/h4-11,13-15,22H,2-3,12,16H2,1H3,(H,27,28). The normalized spacial score (nSPS) is 16.4. The molecule has 5 rings (SSSR count). The Bertz CT molecular complexity index is 1200. The Kier molecular flexibility index (Phi) is 5.12. The molecule has 31 heavy (non-hydrogen) atoms. The monoisotopic (exact) mass is 412 g/mol. The molecular weight excluding hydrogens is 388 g/mol. The first-order valence-corrected chi connectivity index (χ1v) is 10.5. The van der Waals surface area contributed by atoms with Crippen LogP contribution in [0.2, 0.25) is 0 Å². The number of methoxy groups -OCH3 is 1. The molecule has 2 aromatic heterocycles. The number of hydrogen-bond donors (Lipinski definition) is 1. The van der Waals surface area contributed by atoms with Crippen molar-refractivity contribution in [2.45, 2.75) is 18.8 Å². The van der Waals surface area contributed by atoms with Gasteiger partial charge in [0, 0.05) is 54.3 Å². The summed E-state index contributed by atoms with van der Waals surface area (Å²) in [5.74, 6) is 1.01. The van der Waals surface area contributed by atoms with E-state index in [2.05, 4.69) is 33.4 Å². The number of carbonyl (C=O) groups is 1. The van der Waals surface area contributed by atoms with Gasteiger partial charge in [0.05, 0.1) is 7.11 Å². The lowest BCUT2D eigenvalue weighted by Crippen LogP contribution is -2.39. The van der Waals surface area contributed by atoms with Gasteiger partial charge in [-0.1, -0.05) is 18.2 Å². The van der Waals surface area contributed by atoms with Crippen molar-refractivity contribution in [3.8, 4) is 17.0 Å². The highest BCUT2D eigenvalue weighted by molar-refractivity contribution is 5.99. The van der Waals surface area contributed by atoms with E-state index in [1.807, 2.05) is 47.5 Å². The van der Waals surface area contributed by atoms with Crippen LogP contribution < -0.4 is 4.74 Å². The van der Waals surface area contributed by atoms with E-state index in [9.17, 15) is 4.79 Å². The van der Waals surface area contributed by atoms with E-state index >= 15 is 0 Å². The zero-order valence-electron chi connectivity index (χ0n) is 17.4. The van der Waals surface area contributed by atoms with Crippen molar-refractivity contribution in [1.29, 1.82) is 0 Å². The number of benzene rings is 2. The maximum absolute atomic E-state index is 13.2. The van der Waals surface area contributed by atoms with Crippen molar-refractivity contribution in [2.24, 2.45) is 0 Å². The van der Waals surface area contributed by atoms with Crippen LogP contribution >= 0.6 is 0 Å². The van der Waals surface area contributed by atoms with E-state index in [-0.39, 0.29) is 5.91 Å². The second-order valence-corrected chi connectivity index (χ2v) is 7.97. The molecule has 6 nitrogen and oxygen atoms in total. The fraction of sp³-hybridized carbons (Fsp3) is 0.240. The molecule has 0 radical (unpaired) electrons. The first-order chi connectivity index (χ1) is 15.2.